The molecule has 1 atom stereocenters. The average molecular weight is 238 g/mol. The summed E-state index contributed by atoms with van der Waals surface area (Å²) in [7, 11) is 1.48. The van der Waals surface area contributed by atoms with Crippen LogP contribution in [0.2, 0.25) is 0 Å². The second-order valence-electron chi connectivity index (χ2n) is 4.36. The summed E-state index contributed by atoms with van der Waals surface area (Å²) >= 11 is 0. The Hall–Kier alpha value is -1.13. The smallest absolute Gasteiger partial charge is 0.165 e. The molecular formula is C13H19FN2O. The standard InChI is InChI=1S/C13H19FN2O/c1-10(16-7-5-15-6-8-16)11-3-4-13(17-2)12(14)9-11/h3-4,9-10,15H,5-8H2,1-2H3/t10-/m0/s1. The van der Waals surface area contributed by atoms with Gasteiger partial charge in [-0.2, -0.15) is 0 Å². The number of nitrogens with zero attached hydrogens (tertiary/aromatic N) is 1. The molecular weight excluding hydrogens is 219 g/mol. The highest BCUT2D eigenvalue weighted by Crippen LogP contribution is 2.25. The van der Waals surface area contributed by atoms with Gasteiger partial charge in [-0.1, -0.05) is 6.07 Å². The van der Waals surface area contributed by atoms with Crippen molar-refractivity contribution < 1.29 is 9.13 Å². The summed E-state index contributed by atoms with van der Waals surface area (Å²) in [5, 5.41) is 3.31. The van der Waals surface area contributed by atoms with Crippen LogP contribution in [0.1, 0.15) is 18.5 Å². The first-order valence-electron chi connectivity index (χ1n) is 6.00. The molecule has 0 aromatic heterocycles. The predicted octanol–water partition coefficient (Wildman–Crippen LogP) is 1.80. The Morgan fingerprint density at radius 2 is 2.06 bits per heavy atom. The van der Waals surface area contributed by atoms with Crippen molar-refractivity contribution in [1.29, 1.82) is 0 Å². The summed E-state index contributed by atoms with van der Waals surface area (Å²) in [6.07, 6.45) is 0. The molecule has 1 heterocycles. The lowest BCUT2D eigenvalue weighted by atomic mass is 10.1. The first-order chi connectivity index (χ1) is 8.22. The largest absolute Gasteiger partial charge is 0.494 e. The van der Waals surface area contributed by atoms with E-state index < -0.39 is 0 Å². The van der Waals surface area contributed by atoms with E-state index in [9.17, 15) is 4.39 Å². The van der Waals surface area contributed by atoms with Gasteiger partial charge in [-0.3, -0.25) is 4.90 Å². The highest BCUT2D eigenvalue weighted by atomic mass is 19.1. The first kappa shape index (κ1) is 12.3. The highest BCUT2D eigenvalue weighted by Gasteiger charge is 2.18. The molecule has 1 aromatic carbocycles. The van der Waals surface area contributed by atoms with Crippen molar-refractivity contribution in [3.8, 4) is 5.75 Å². The van der Waals surface area contributed by atoms with Crippen LogP contribution in [0.5, 0.6) is 5.75 Å². The number of benzene rings is 1. The van der Waals surface area contributed by atoms with Crippen LogP contribution in [0.3, 0.4) is 0 Å². The number of methoxy groups -OCH3 is 1. The summed E-state index contributed by atoms with van der Waals surface area (Å²) in [5.74, 6) is 0.0215. The molecule has 0 bridgehead atoms. The summed E-state index contributed by atoms with van der Waals surface area (Å²) in [6.45, 7) is 6.14. The molecule has 4 heteroatoms. The molecule has 1 fully saturated rings. The Morgan fingerprint density at radius 3 is 2.65 bits per heavy atom. The SMILES string of the molecule is COc1ccc([C@H](C)N2CCNCC2)cc1F. The van der Waals surface area contributed by atoms with E-state index in [0.29, 0.717) is 5.75 Å². The number of hydrogen-bond donors (Lipinski definition) is 1. The van der Waals surface area contributed by atoms with Crippen molar-refractivity contribution in [2.75, 3.05) is 33.3 Å². The molecule has 94 valence electrons. The first-order valence-corrected chi connectivity index (χ1v) is 6.00. The molecule has 0 saturated carbocycles. The zero-order valence-corrected chi connectivity index (χ0v) is 10.4. The fourth-order valence-corrected chi connectivity index (χ4v) is 2.22. The van der Waals surface area contributed by atoms with Crippen LogP contribution in [0.25, 0.3) is 0 Å². The Bertz CT molecular complexity index is 378. The third-order valence-electron chi connectivity index (χ3n) is 3.36. The average Bonchev–Trinajstić information content (AvgIpc) is 2.39. The van der Waals surface area contributed by atoms with Crippen molar-refractivity contribution in [2.45, 2.75) is 13.0 Å². The monoisotopic (exact) mass is 238 g/mol. The zero-order chi connectivity index (χ0) is 12.3. The van der Waals surface area contributed by atoms with Crippen molar-refractivity contribution >= 4 is 0 Å². The number of ether oxygens (including phenoxy) is 1. The number of rotatable bonds is 3. The van der Waals surface area contributed by atoms with Crippen molar-refractivity contribution in [1.82, 2.24) is 10.2 Å². The van der Waals surface area contributed by atoms with Crippen LogP contribution in [0.15, 0.2) is 18.2 Å². The van der Waals surface area contributed by atoms with Gasteiger partial charge in [0.2, 0.25) is 0 Å². The van der Waals surface area contributed by atoms with Crippen LogP contribution in [0, 0.1) is 5.82 Å². The molecule has 1 aliphatic rings. The second-order valence-corrected chi connectivity index (χ2v) is 4.36. The maximum absolute atomic E-state index is 13.6. The number of piperazine rings is 1. The molecule has 1 aromatic rings. The minimum Gasteiger partial charge on any atom is -0.494 e. The van der Waals surface area contributed by atoms with Crippen LogP contribution in [0.4, 0.5) is 4.39 Å². The molecule has 0 aliphatic carbocycles. The number of halogens is 1. The molecule has 0 spiro atoms. The molecule has 0 amide bonds. The van der Waals surface area contributed by atoms with E-state index in [4.69, 9.17) is 4.74 Å². The Balaban J connectivity index is 2.12. The van der Waals surface area contributed by atoms with E-state index >= 15 is 0 Å². The van der Waals surface area contributed by atoms with Gasteiger partial charge in [0, 0.05) is 32.2 Å². The van der Waals surface area contributed by atoms with Gasteiger partial charge in [0.15, 0.2) is 11.6 Å². The van der Waals surface area contributed by atoms with Gasteiger partial charge in [-0.05, 0) is 24.6 Å². The van der Waals surface area contributed by atoms with E-state index in [-0.39, 0.29) is 11.9 Å². The zero-order valence-electron chi connectivity index (χ0n) is 10.4. The molecule has 0 unspecified atom stereocenters. The molecule has 0 radical (unpaired) electrons. The Morgan fingerprint density at radius 1 is 1.35 bits per heavy atom. The summed E-state index contributed by atoms with van der Waals surface area (Å²) < 4.78 is 18.5. The highest BCUT2D eigenvalue weighted by molar-refractivity contribution is 5.30. The summed E-state index contributed by atoms with van der Waals surface area (Å²) in [6, 6.07) is 5.46. The van der Waals surface area contributed by atoms with Gasteiger partial charge in [0.1, 0.15) is 0 Å². The van der Waals surface area contributed by atoms with Crippen LogP contribution in [-0.2, 0) is 0 Å². The Labute approximate surface area is 102 Å². The van der Waals surface area contributed by atoms with Gasteiger partial charge in [0.05, 0.1) is 7.11 Å². The summed E-state index contributed by atoms with van der Waals surface area (Å²) in [4.78, 5) is 2.36. The third kappa shape index (κ3) is 2.76. The fraction of sp³-hybridized carbons (Fsp3) is 0.538. The molecule has 1 aliphatic heterocycles. The third-order valence-corrected chi connectivity index (χ3v) is 3.36. The topological polar surface area (TPSA) is 24.5 Å². The lowest BCUT2D eigenvalue weighted by Crippen LogP contribution is -2.44. The van der Waals surface area contributed by atoms with Gasteiger partial charge in [-0.15, -0.1) is 0 Å². The lowest BCUT2D eigenvalue weighted by molar-refractivity contribution is 0.185. The molecule has 17 heavy (non-hydrogen) atoms. The van der Waals surface area contributed by atoms with Gasteiger partial charge < -0.3 is 10.1 Å². The fourth-order valence-electron chi connectivity index (χ4n) is 2.22. The second kappa shape index (κ2) is 5.47. The van der Waals surface area contributed by atoms with Gasteiger partial charge in [-0.25, -0.2) is 4.39 Å². The van der Waals surface area contributed by atoms with E-state index in [2.05, 4.69) is 17.1 Å². The maximum atomic E-state index is 13.6. The number of nitrogens with one attached hydrogen (secondary N) is 1. The van der Waals surface area contributed by atoms with Gasteiger partial charge in [0.25, 0.3) is 0 Å². The predicted molar refractivity (Wildman–Crippen MR) is 65.8 cm³/mol. The van der Waals surface area contributed by atoms with Crippen LogP contribution >= 0.6 is 0 Å². The van der Waals surface area contributed by atoms with Gasteiger partial charge >= 0.3 is 0 Å². The van der Waals surface area contributed by atoms with E-state index in [1.807, 2.05) is 6.07 Å². The minimum absolute atomic E-state index is 0.248. The van der Waals surface area contributed by atoms with Crippen molar-refractivity contribution in [2.24, 2.45) is 0 Å². The number of hydrogen-bond acceptors (Lipinski definition) is 3. The van der Waals surface area contributed by atoms with E-state index in [1.54, 1.807) is 12.1 Å². The molecule has 1 saturated heterocycles. The minimum atomic E-state index is -0.285. The quantitative estimate of drug-likeness (QED) is 0.869. The Kier molecular flexibility index (Phi) is 3.97. The van der Waals surface area contributed by atoms with Crippen molar-refractivity contribution in [3.05, 3.63) is 29.6 Å². The molecule has 2 rings (SSSR count). The van der Waals surface area contributed by atoms with Crippen LogP contribution in [-0.4, -0.2) is 38.2 Å². The maximum Gasteiger partial charge on any atom is 0.165 e. The van der Waals surface area contributed by atoms with Crippen molar-refractivity contribution in [3.63, 3.8) is 0 Å². The normalized spacial score (nSPS) is 19.0. The van der Waals surface area contributed by atoms with E-state index in [0.717, 1.165) is 31.7 Å². The summed E-state index contributed by atoms with van der Waals surface area (Å²) in [5.41, 5.74) is 1.00. The molecule has 1 N–H and O–H groups in total. The van der Waals surface area contributed by atoms with E-state index in [1.165, 1.54) is 7.11 Å². The molecule has 3 nitrogen and oxygen atoms in total. The van der Waals surface area contributed by atoms with Crippen LogP contribution < -0.4 is 10.1 Å². The lowest BCUT2D eigenvalue weighted by Gasteiger charge is -2.33.